The summed E-state index contributed by atoms with van der Waals surface area (Å²) >= 11 is 0. The van der Waals surface area contributed by atoms with E-state index >= 15 is 0 Å². The number of ether oxygens (including phenoxy) is 3. The van der Waals surface area contributed by atoms with E-state index in [0.29, 0.717) is 22.9 Å². The van der Waals surface area contributed by atoms with Crippen LogP contribution in [0, 0.1) is 6.92 Å². The number of hydrogen-bond donors (Lipinski definition) is 2. The summed E-state index contributed by atoms with van der Waals surface area (Å²) in [5, 5.41) is 5.55. The summed E-state index contributed by atoms with van der Waals surface area (Å²) in [6, 6.07) is 10.3. The third kappa shape index (κ3) is 4.06. The molecule has 0 spiro atoms. The van der Waals surface area contributed by atoms with Gasteiger partial charge < -0.3 is 24.8 Å². The molecule has 2 aromatic rings. The van der Waals surface area contributed by atoms with Gasteiger partial charge in [0, 0.05) is 17.4 Å². The average molecular weight is 316 g/mol. The molecule has 2 amide bonds. The second-order valence-electron chi connectivity index (χ2n) is 4.83. The van der Waals surface area contributed by atoms with Crippen molar-refractivity contribution >= 4 is 17.4 Å². The summed E-state index contributed by atoms with van der Waals surface area (Å²) in [4.78, 5) is 12.1. The van der Waals surface area contributed by atoms with Gasteiger partial charge in [0.15, 0.2) is 11.5 Å². The van der Waals surface area contributed by atoms with Crippen LogP contribution in [0.15, 0.2) is 36.4 Å². The van der Waals surface area contributed by atoms with Crippen molar-refractivity contribution in [2.45, 2.75) is 6.92 Å². The summed E-state index contributed by atoms with van der Waals surface area (Å²) in [7, 11) is 4.71. The van der Waals surface area contributed by atoms with E-state index in [4.69, 9.17) is 14.2 Å². The van der Waals surface area contributed by atoms with Crippen LogP contribution in [0.5, 0.6) is 17.2 Å². The predicted molar refractivity (Wildman–Crippen MR) is 89.9 cm³/mol. The van der Waals surface area contributed by atoms with Crippen LogP contribution in [0.3, 0.4) is 0 Å². The lowest BCUT2D eigenvalue weighted by Crippen LogP contribution is -2.20. The number of benzene rings is 2. The largest absolute Gasteiger partial charge is 0.497 e. The number of amides is 2. The third-order valence-corrected chi connectivity index (χ3v) is 3.32. The number of aryl methyl sites for hydroxylation is 1. The van der Waals surface area contributed by atoms with Crippen LogP contribution < -0.4 is 24.8 Å². The van der Waals surface area contributed by atoms with Crippen LogP contribution in [0.25, 0.3) is 0 Å². The molecule has 6 nitrogen and oxygen atoms in total. The Balaban J connectivity index is 2.08. The maximum absolute atomic E-state index is 12.1. The Hall–Kier alpha value is -2.89. The van der Waals surface area contributed by atoms with Crippen molar-refractivity contribution in [3.8, 4) is 17.2 Å². The molecule has 0 radical (unpaired) electrons. The Morgan fingerprint density at radius 2 is 1.61 bits per heavy atom. The van der Waals surface area contributed by atoms with Gasteiger partial charge in [-0.1, -0.05) is 0 Å². The molecule has 0 heterocycles. The standard InChI is InChI=1S/C17H20N2O4/c1-11-9-13(21-2)6-7-14(11)19-17(20)18-12-5-8-15(22-3)16(10-12)23-4/h5-10H,1-4H3,(H2,18,19,20). The molecule has 6 heteroatoms. The van der Waals surface area contributed by atoms with Crippen molar-refractivity contribution in [2.24, 2.45) is 0 Å². The second kappa shape index (κ2) is 7.40. The van der Waals surface area contributed by atoms with Crippen molar-refractivity contribution in [3.63, 3.8) is 0 Å². The van der Waals surface area contributed by atoms with Gasteiger partial charge in [-0.05, 0) is 42.8 Å². The van der Waals surface area contributed by atoms with E-state index in [0.717, 1.165) is 11.3 Å². The number of carbonyl (C=O) groups is 1. The lowest BCUT2D eigenvalue weighted by molar-refractivity contribution is 0.262. The minimum absolute atomic E-state index is 0.342. The van der Waals surface area contributed by atoms with Crippen molar-refractivity contribution in [2.75, 3.05) is 32.0 Å². The zero-order valence-electron chi connectivity index (χ0n) is 13.6. The third-order valence-electron chi connectivity index (χ3n) is 3.32. The molecule has 0 fully saturated rings. The quantitative estimate of drug-likeness (QED) is 0.883. The second-order valence-corrected chi connectivity index (χ2v) is 4.83. The van der Waals surface area contributed by atoms with E-state index in [-0.39, 0.29) is 6.03 Å². The topological polar surface area (TPSA) is 68.8 Å². The van der Waals surface area contributed by atoms with Gasteiger partial charge in [-0.2, -0.15) is 0 Å². The fourth-order valence-electron chi connectivity index (χ4n) is 2.10. The molecule has 0 bridgehead atoms. The highest BCUT2D eigenvalue weighted by Crippen LogP contribution is 2.30. The number of anilines is 2. The minimum Gasteiger partial charge on any atom is -0.497 e. The number of rotatable bonds is 5. The number of urea groups is 1. The smallest absolute Gasteiger partial charge is 0.323 e. The van der Waals surface area contributed by atoms with Gasteiger partial charge in [-0.15, -0.1) is 0 Å². The van der Waals surface area contributed by atoms with Crippen molar-refractivity contribution in [1.29, 1.82) is 0 Å². The zero-order valence-corrected chi connectivity index (χ0v) is 13.6. The van der Waals surface area contributed by atoms with Gasteiger partial charge in [0.25, 0.3) is 0 Å². The molecule has 0 aliphatic rings. The van der Waals surface area contributed by atoms with Crippen molar-refractivity contribution in [3.05, 3.63) is 42.0 Å². The first-order valence-electron chi connectivity index (χ1n) is 7.02. The molecule has 0 aliphatic heterocycles. The Kier molecular flexibility index (Phi) is 5.30. The molecule has 2 N–H and O–H groups in total. The summed E-state index contributed by atoms with van der Waals surface area (Å²) in [5.74, 6) is 1.89. The van der Waals surface area contributed by atoms with Crippen LogP contribution in [-0.2, 0) is 0 Å². The van der Waals surface area contributed by atoms with E-state index in [1.165, 1.54) is 0 Å². The summed E-state index contributed by atoms with van der Waals surface area (Å²) < 4.78 is 15.5. The lowest BCUT2D eigenvalue weighted by atomic mass is 10.2. The van der Waals surface area contributed by atoms with Gasteiger partial charge in [-0.25, -0.2) is 4.79 Å². The van der Waals surface area contributed by atoms with Gasteiger partial charge in [0.2, 0.25) is 0 Å². The first-order chi connectivity index (χ1) is 11.1. The minimum atomic E-state index is -0.342. The van der Waals surface area contributed by atoms with Crippen LogP contribution in [0.4, 0.5) is 16.2 Å². The number of methoxy groups -OCH3 is 3. The first kappa shape index (κ1) is 16.5. The number of carbonyl (C=O) groups excluding carboxylic acids is 1. The van der Waals surface area contributed by atoms with Gasteiger partial charge in [-0.3, -0.25) is 0 Å². The average Bonchev–Trinajstić information content (AvgIpc) is 2.56. The normalized spacial score (nSPS) is 9.91. The van der Waals surface area contributed by atoms with Crippen LogP contribution in [0.1, 0.15) is 5.56 Å². The highest BCUT2D eigenvalue weighted by Gasteiger charge is 2.09. The predicted octanol–water partition coefficient (Wildman–Crippen LogP) is 3.66. The molecule has 0 saturated heterocycles. The SMILES string of the molecule is COc1ccc(NC(=O)Nc2ccc(OC)c(OC)c2)c(C)c1. The molecule has 0 aromatic heterocycles. The first-order valence-corrected chi connectivity index (χ1v) is 7.02. The molecule has 0 unspecified atom stereocenters. The molecule has 23 heavy (non-hydrogen) atoms. The van der Waals surface area contributed by atoms with E-state index in [1.54, 1.807) is 51.7 Å². The number of hydrogen-bond acceptors (Lipinski definition) is 4. The number of nitrogens with one attached hydrogen (secondary N) is 2. The van der Waals surface area contributed by atoms with Crippen molar-refractivity contribution < 1.29 is 19.0 Å². The summed E-state index contributed by atoms with van der Waals surface area (Å²) in [5.41, 5.74) is 2.22. The summed E-state index contributed by atoms with van der Waals surface area (Å²) in [6.45, 7) is 1.90. The van der Waals surface area contributed by atoms with E-state index in [9.17, 15) is 4.79 Å². The molecule has 2 aromatic carbocycles. The highest BCUT2D eigenvalue weighted by molar-refractivity contribution is 6.00. The Labute approximate surface area is 135 Å². The molecule has 0 saturated carbocycles. The van der Waals surface area contributed by atoms with Gasteiger partial charge in [0.05, 0.1) is 21.3 Å². The fourth-order valence-corrected chi connectivity index (χ4v) is 2.10. The maximum atomic E-state index is 12.1. The van der Waals surface area contributed by atoms with Gasteiger partial charge in [0.1, 0.15) is 5.75 Å². The van der Waals surface area contributed by atoms with E-state index < -0.39 is 0 Å². The van der Waals surface area contributed by atoms with E-state index in [2.05, 4.69) is 10.6 Å². The van der Waals surface area contributed by atoms with Gasteiger partial charge >= 0.3 is 6.03 Å². The molecular weight excluding hydrogens is 296 g/mol. The molecule has 2 rings (SSSR count). The molecule has 0 aliphatic carbocycles. The van der Waals surface area contributed by atoms with Crippen LogP contribution in [0.2, 0.25) is 0 Å². The van der Waals surface area contributed by atoms with Crippen LogP contribution >= 0.6 is 0 Å². The lowest BCUT2D eigenvalue weighted by Gasteiger charge is -2.13. The Morgan fingerprint density at radius 3 is 2.22 bits per heavy atom. The highest BCUT2D eigenvalue weighted by atomic mass is 16.5. The van der Waals surface area contributed by atoms with E-state index in [1.807, 2.05) is 13.0 Å². The zero-order chi connectivity index (χ0) is 16.8. The summed E-state index contributed by atoms with van der Waals surface area (Å²) in [6.07, 6.45) is 0. The molecule has 0 atom stereocenters. The fraction of sp³-hybridized carbons (Fsp3) is 0.235. The monoisotopic (exact) mass is 316 g/mol. The van der Waals surface area contributed by atoms with Crippen molar-refractivity contribution in [1.82, 2.24) is 0 Å². The molecular formula is C17H20N2O4. The van der Waals surface area contributed by atoms with Crippen LogP contribution in [-0.4, -0.2) is 27.4 Å². The molecule has 122 valence electrons. The Morgan fingerprint density at radius 1 is 0.870 bits per heavy atom. The Bertz CT molecular complexity index is 701. The maximum Gasteiger partial charge on any atom is 0.323 e.